The van der Waals surface area contributed by atoms with Gasteiger partial charge in [-0.3, -0.25) is 0 Å². The molecule has 4 heteroatoms. The van der Waals surface area contributed by atoms with Crippen LogP contribution < -0.4 is 4.74 Å². The molecule has 0 saturated heterocycles. The van der Waals surface area contributed by atoms with Crippen molar-refractivity contribution < 1.29 is 4.74 Å². The minimum Gasteiger partial charge on any atom is -0.439 e. The van der Waals surface area contributed by atoms with Gasteiger partial charge in [-0.1, -0.05) is 90.6 Å². The highest BCUT2D eigenvalue weighted by Gasteiger charge is 2.09. The van der Waals surface area contributed by atoms with E-state index in [-0.39, 0.29) is 0 Å². The van der Waals surface area contributed by atoms with Gasteiger partial charge in [0.15, 0.2) is 5.16 Å². The quantitative estimate of drug-likeness (QED) is 0.298. The first kappa shape index (κ1) is 17.3. The van der Waals surface area contributed by atoms with Crippen LogP contribution in [0.25, 0.3) is 11.3 Å². The molecule has 0 unspecified atom stereocenters. The van der Waals surface area contributed by atoms with E-state index in [0.717, 1.165) is 22.8 Å². The molecule has 0 radical (unpaired) electrons. The van der Waals surface area contributed by atoms with Gasteiger partial charge in [0.05, 0.1) is 5.69 Å². The predicted molar refractivity (Wildman–Crippen MR) is 110 cm³/mol. The topological polar surface area (TPSA) is 35.0 Å². The number of rotatable bonds is 6. The molecule has 3 nitrogen and oxygen atoms in total. The second-order valence-electron chi connectivity index (χ2n) is 5.93. The standard InChI is InChI=1S/C23H18N2OS/c1-4-10-18(11-5-1)17-27-23-24-21(19-12-6-2-7-13-19)16-22(25-23)26-20-14-8-3-9-15-20/h1-16H,17H2. The van der Waals surface area contributed by atoms with Gasteiger partial charge in [0.2, 0.25) is 5.88 Å². The Bertz CT molecular complexity index is 993. The van der Waals surface area contributed by atoms with Crippen molar-refractivity contribution in [1.29, 1.82) is 0 Å². The summed E-state index contributed by atoms with van der Waals surface area (Å²) in [5.74, 6) is 2.11. The second-order valence-corrected chi connectivity index (χ2v) is 6.87. The van der Waals surface area contributed by atoms with Gasteiger partial charge in [-0.2, -0.15) is 4.98 Å². The second kappa shape index (κ2) is 8.52. The average molecular weight is 370 g/mol. The Morgan fingerprint density at radius 2 is 1.33 bits per heavy atom. The molecular formula is C23H18N2OS. The van der Waals surface area contributed by atoms with Crippen LogP contribution in [-0.4, -0.2) is 9.97 Å². The van der Waals surface area contributed by atoms with Crippen molar-refractivity contribution in [2.75, 3.05) is 0 Å². The van der Waals surface area contributed by atoms with Gasteiger partial charge in [0, 0.05) is 17.4 Å². The number of aromatic nitrogens is 2. The SMILES string of the molecule is c1ccc(CSc2nc(Oc3ccccc3)cc(-c3ccccc3)n2)cc1. The molecule has 4 rings (SSSR count). The third kappa shape index (κ3) is 4.74. The lowest BCUT2D eigenvalue weighted by atomic mass is 10.1. The van der Waals surface area contributed by atoms with Crippen molar-refractivity contribution >= 4 is 11.8 Å². The summed E-state index contributed by atoms with van der Waals surface area (Å²) in [7, 11) is 0. The molecule has 0 aliphatic rings. The van der Waals surface area contributed by atoms with Crippen LogP contribution in [0.4, 0.5) is 0 Å². The van der Waals surface area contributed by atoms with E-state index in [2.05, 4.69) is 17.1 Å². The van der Waals surface area contributed by atoms with Crippen LogP contribution >= 0.6 is 11.8 Å². The van der Waals surface area contributed by atoms with Gasteiger partial charge < -0.3 is 4.74 Å². The number of hydrogen-bond acceptors (Lipinski definition) is 4. The summed E-state index contributed by atoms with van der Waals surface area (Å²) < 4.78 is 5.97. The molecule has 0 spiro atoms. The molecule has 0 N–H and O–H groups in total. The molecule has 0 saturated carbocycles. The lowest BCUT2D eigenvalue weighted by Gasteiger charge is -2.09. The summed E-state index contributed by atoms with van der Waals surface area (Å²) in [6.45, 7) is 0. The van der Waals surface area contributed by atoms with Crippen molar-refractivity contribution in [3.05, 3.63) is 103 Å². The van der Waals surface area contributed by atoms with Crippen molar-refractivity contribution in [2.45, 2.75) is 10.9 Å². The Kier molecular flexibility index (Phi) is 5.46. The van der Waals surface area contributed by atoms with Gasteiger partial charge in [0.1, 0.15) is 5.75 Å². The fraction of sp³-hybridized carbons (Fsp3) is 0.0435. The number of ether oxygens (including phenoxy) is 1. The van der Waals surface area contributed by atoms with Crippen LogP contribution in [0.1, 0.15) is 5.56 Å². The van der Waals surface area contributed by atoms with Crippen LogP contribution in [0, 0.1) is 0 Å². The van der Waals surface area contributed by atoms with Crippen molar-refractivity contribution in [3.8, 4) is 22.9 Å². The molecular weight excluding hydrogens is 352 g/mol. The van der Waals surface area contributed by atoms with E-state index in [1.54, 1.807) is 11.8 Å². The van der Waals surface area contributed by atoms with E-state index in [1.165, 1.54) is 5.56 Å². The van der Waals surface area contributed by atoms with E-state index in [4.69, 9.17) is 9.72 Å². The molecule has 0 aliphatic heterocycles. The molecule has 27 heavy (non-hydrogen) atoms. The Morgan fingerprint density at radius 3 is 2.04 bits per heavy atom. The number of hydrogen-bond donors (Lipinski definition) is 0. The van der Waals surface area contributed by atoms with Crippen LogP contribution in [-0.2, 0) is 5.75 Å². The number of thioether (sulfide) groups is 1. The normalized spacial score (nSPS) is 10.5. The smallest absolute Gasteiger partial charge is 0.223 e. The Balaban J connectivity index is 1.63. The summed E-state index contributed by atoms with van der Waals surface area (Å²) in [5, 5.41) is 0.700. The van der Waals surface area contributed by atoms with E-state index < -0.39 is 0 Å². The highest BCUT2D eigenvalue weighted by molar-refractivity contribution is 7.98. The number of benzene rings is 3. The van der Waals surface area contributed by atoms with Crippen molar-refractivity contribution in [1.82, 2.24) is 9.97 Å². The first-order chi connectivity index (χ1) is 13.4. The van der Waals surface area contributed by atoms with Crippen LogP contribution in [0.15, 0.2) is 102 Å². The first-order valence-corrected chi connectivity index (χ1v) is 9.69. The average Bonchev–Trinajstić information content (AvgIpc) is 2.74. The maximum absolute atomic E-state index is 5.97. The highest BCUT2D eigenvalue weighted by atomic mass is 32.2. The van der Waals surface area contributed by atoms with Crippen LogP contribution in [0.3, 0.4) is 0 Å². The van der Waals surface area contributed by atoms with Crippen molar-refractivity contribution in [3.63, 3.8) is 0 Å². The molecule has 0 fully saturated rings. The molecule has 132 valence electrons. The third-order valence-corrected chi connectivity index (χ3v) is 4.85. The molecule has 1 aromatic heterocycles. The fourth-order valence-electron chi connectivity index (χ4n) is 2.61. The maximum Gasteiger partial charge on any atom is 0.223 e. The number of nitrogens with zero attached hydrogens (tertiary/aromatic N) is 2. The van der Waals surface area contributed by atoms with Crippen LogP contribution in [0.5, 0.6) is 11.6 Å². The summed E-state index contributed by atoms with van der Waals surface area (Å²) in [4.78, 5) is 9.33. The van der Waals surface area contributed by atoms with Gasteiger partial charge in [-0.05, 0) is 17.7 Å². The summed E-state index contributed by atoms with van der Waals surface area (Å²) in [6.07, 6.45) is 0. The lowest BCUT2D eigenvalue weighted by Crippen LogP contribution is -1.96. The minimum absolute atomic E-state index is 0.547. The summed E-state index contributed by atoms with van der Waals surface area (Å²) in [5.41, 5.74) is 3.13. The summed E-state index contributed by atoms with van der Waals surface area (Å²) in [6, 6.07) is 32.0. The highest BCUT2D eigenvalue weighted by Crippen LogP contribution is 2.28. The molecule has 3 aromatic carbocycles. The Hall–Kier alpha value is -3.11. The fourth-order valence-corrected chi connectivity index (χ4v) is 3.41. The zero-order valence-electron chi connectivity index (χ0n) is 14.7. The molecule has 0 atom stereocenters. The van der Waals surface area contributed by atoms with Gasteiger partial charge in [-0.15, -0.1) is 0 Å². The zero-order chi connectivity index (χ0) is 18.3. The minimum atomic E-state index is 0.547. The van der Waals surface area contributed by atoms with E-state index in [1.807, 2.05) is 84.9 Å². The van der Waals surface area contributed by atoms with E-state index in [0.29, 0.717) is 11.0 Å². The predicted octanol–water partition coefficient (Wildman–Crippen LogP) is 6.23. The van der Waals surface area contributed by atoms with Gasteiger partial charge in [0.25, 0.3) is 0 Å². The molecule has 0 bridgehead atoms. The molecule has 0 aliphatic carbocycles. The van der Waals surface area contributed by atoms with E-state index >= 15 is 0 Å². The largest absolute Gasteiger partial charge is 0.439 e. The first-order valence-electron chi connectivity index (χ1n) is 8.71. The Labute approximate surface area is 163 Å². The Morgan fingerprint density at radius 1 is 0.704 bits per heavy atom. The van der Waals surface area contributed by atoms with Gasteiger partial charge in [-0.25, -0.2) is 4.98 Å². The lowest BCUT2D eigenvalue weighted by molar-refractivity contribution is 0.456. The van der Waals surface area contributed by atoms with Gasteiger partial charge >= 0.3 is 0 Å². The molecule has 0 amide bonds. The molecule has 4 aromatic rings. The van der Waals surface area contributed by atoms with E-state index in [9.17, 15) is 0 Å². The molecule has 1 heterocycles. The summed E-state index contributed by atoms with van der Waals surface area (Å²) >= 11 is 1.60. The monoisotopic (exact) mass is 370 g/mol. The zero-order valence-corrected chi connectivity index (χ0v) is 15.5. The maximum atomic E-state index is 5.97. The third-order valence-electron chi connectivity index (χ3n) is 3.93. The number of para-hydroxylation sites is 1. The van der Waals surface area contributed by atoms with Crippen molar-refractivity contribution in [2.24, 2.45) is 0 Å². The van der Waals surface area contributed by atoms with Crippen LogP contribution in [0.2, 0.25) is 0 Å².